The predicted molar refractivity (Wildman–Crippen MR) is 94.1 cm³/mol. The van der Waals surface area contributed by atoms with Crippen molar-refractivity contribution in [2.24, 2.45) is 0 Å². The summed E-state index contributed by atoms with van der Waals surface area (Å²) < 4.78 is 6.08. The van der Waals surface area contributed by atoms with E-state index in [1.165, 1.54) is 0 Å². The zero-order valence-electron chi connectivity index (χ0n) is 12.9. The van der Waals surface area contributed by atoms with Gasteiger partial charge in [-0.1, -0.05) is 6.07 Å². The number of aryl methyl sites for hydroxylation is 1. The van der Waals surface area contributed by atoms with Crippen LogP contribution in [-0.2, 0) is 6.54 Å². The van der Waals surface area contributed by atoms with E-state index in [9.17, 15) is 4.79 Å². The van der Waals surface area contributed by atoms with Crippen molar-refractivity contribution in [1.82, 2.24) is 15.3 Å². The van der Waals surface area contributed by atoms with Gasteiger partial charge in [0.25, 0.3) is 5.91 Å². The number of aromatic nitrogens is 2. The summed E-state index contributed by atoms with van der Waals surface area (Å²) in [7, 11) is 0. The number of nitrogens with zero attached hydrogens (tertiary/aromatic N) is 2. The number of hydrogen-bond donors (Lipinski definition) is 2. The lowest BCUT2D eigenvalue weighted by atomic mass is 10.2. The normalized spacial score (nSPS) is 10.4. The number of furan rings is 1. The van der Waals surface area contributed by atoms with Crippen molar-refractivity contribution in [3.05, 3.63) is 70.3 Å². The molecule has 2 aromatic heterocycles. The number of hydrogen-bond acceptors (Lipinski definition) is 5. The van der Waals surface area contributed by atoms with Gasteiger partial charge in [0.15, 0.2) is 0 Å². The summed E-state index contributed by atoms with van der Waals surface area (Å²) in [4.78, 5) is 20.6. The summed E-state index contributed by atoms with van der Waals surface area (Å²) in [6.45, 7) is 2.32. The molecular formula is C17H15BrN4O2. The SMILES string of the molecule is Cc1ccc(Nc2nccc(C(=O)NCc3ccco3)n2)c(Br)c1. The van der Waals surface area contributed by atoms with Crippen molar-refractivity contribution in [2.75, 3.05) is 5.32 Å². The third-order valence-corrected chi connectivity index (χ3v) is 3.92. The van der Waals surface area contributed by atoms with Crippen LogP contribution in [0, 0.1) is 6.92 Å². The minimum absolute atomic E-state index is 0.280. The highest BCUT2D eigenvalue weighted by Crippen LogP contribution is 2.25. The molecule has 0 atom stereocenters. The van der Waals surface area contributed by atoms with Crippen LogP contribution in [0.4, 0.5) is 11.6 Å². The smallest absolute Gasteiger partial charge is 0.270 e. The van der Waals surface area contributed by atoms with Crippen LogP contribution in [0.5, 0.6) is 0 Å². The zero-order valence-corrected chi connectivity index (χ0v) is 14.5. The Morgan fingerprint density at radius 2 is 2.17 bits per heavy atom. The van der Waals surface area contributed by atoms with E-state index in [1.54, 1.807) is 30.7 Å². The maximum atomic E-state index is 12.2. The second-order valence-electron chi connectivity index (χ2n) is 5.14. The Labute approximate surface area is 147 Å². The van der Waals surface area contributed by atoms with Gasteiger partial charge in [0.2, 0.25) is 5.95 Å². The molecule has 0 unspecified atom stereocenters. The zero-order chi connectivity index (χ0) is 16.9. The number of carbonyl (C=O) groups is 1. The lowest BCUT2D eigenvalue weighted by Gasteiger charge is -2.09. The fourth-order valence-electron chi connectivity index (χ4n) is 2.06. The van der Waals surface area contributed by atoms with Gasteiger partial charge < -0.3 is 15.1 Å². The Balaban J connectivity index is 1.70. The molecule has 0 aliphatic carbocycles. The maximum Gasteiger partial charge on any atom is 0.270 e. The first-order valence-corrected chi connectivity index (χ1v) is 8.08. The van der Waals surface area contributed by atoms with Crippen molar-refractivity contribution < 1.29 is 9.21 Å². The number of nitrogens with one attached hydrogen (secondary N) is 2. The third kappa shape index (κ3) is 3.99. The van der Waals surface area contributed by atoms with Crippen LogP contribution in [0.25, 0.3) is 0 Å². The quantitative estimate of drug-likeness (QED) is 0.696. The van der Waals surface area contributed by atoms with Crippen LogP contribution < -0.4 is 10.6 Å². The van der Waals surface area contributed by atoms with Gasteiger partial charge in [0, 0.05) is 10.7 Å². The summed E-state index contributed by atoms with van der Waals surface area (Å²) in [6, 6.07) is 11.0. The van der Waals surface area contributed by atoms with E-state index in [4.69, 9.17) is 4.42 Å². The van der Waals surface area contributed by atoms with Gasteiger partial charge in [0.05, 0.1) is 18.5 Å². The Morgan fingerprint density at radius 1 is 1.29 bits per heavy atom. The summed E-state index contributed by atoms with van der Waals surface area (Å²) in [6.07, 6.45) is 3.10. The molecule has 0 aliphatic heterocycles. The third-order valence-electron chi connectivity index (χ3n) is 3.26. The second kappa shape index (κ2) is 7.27. The summed E-state index contributed by atoms with van der Waals surface area (Å²) in [5.74, 6) is 0.740. The molecule has 1 amide bonds. The standard InChI is InChI=1S/C17H15BrN4O2/c1-11-4-5-14(13(18)9-11)21-17-19-7-6-15(22-17)16(23)20-10-12-3-2-8-24-12/h2-9H,10H2,1H3,(H,20,23)(H,19,21,22). The lowest BCUT2D eigenvalue weighted by Crippen LogP contribution is -2.23. The Hall–Kier alpha value is -2.67. The molecular weight excluding hydrogens is 372 g/mol. The molecule has 24 heavy (non-hydrogen) atoms. The predicted octanol–water partition coefficient (Wildman–Crippen LogP) is 3.81. The molecule has 2 heterocycles. The number of amides is 1. The Morgan fingerprint density at radius 3 is 2.92 bits per heavy atom. The molecule has 0 spiro atoms. The van der Waals surface area contributed by atoms with Crippen molar-refractivity contribution in [3.8, 4) is 0 Å². The average molecular weight is 387 g/mol. The van der Waals surface area contributed by atoms with E-state index in [-0.39, 0.29) is 11.6 Å². The minimum atomic E-state index is -0.292. The van der Waals surface area contributed by atoms with Gasteiger partial charge in [-0.05, 0) is 58.7 Å². The monoisotopic (exact) mass is 386 g/mol. The first-order valence-electron chi connectivity index (χ1n) is 7.28. The van der Waals surface area contributed by atoms with Crippen LogP contribution in [-0.4, -0.2) is 15.9 Å². The van der Waals surface area contributed by atoms with Crippen molar-refractivity contribution in [2.45, 2.75) is 13.5 Å². The van der Waals surface area contributed by atoms with Crippen molar-refractivity contribution in [1.29, 1.82) is 0 Å². The molecule has 2 N–H and O–H groups in total. The fourth-order valence-corrected chi connectivity index (χ4v) is 2.65. The van der Waals surface area contributed by atoms with E-state index >= 15 is 0 Å². The first kappa shape index (κ1) is 16.2. The molecule has 0 fully saturated rings. The average Bonchev–Trinajstić information content (AvgIpc) is 3.09. The molecule has 122 valence electrons. The molecule has 3 rings (SSSR count). The molecule has 7 heteroatoms. The van der Waals surface area contributed by atoms with Crippen LogP contribution in [0.1, 0.15) is 21.8 Å². The van der Waals surface area contributed by atoms with Gasteiger partial charge >= 0.3 is 0 Å². The van der Waals surface area contributed by atoms with Crippen LogP contribution >= 0.6 is 15.9 Å². The second-order valence-corrected chi connectivity index (χ2v) is 5.99. The van der Waals surface area contributed by atoms with Gasteiger partial charge in [-0.25, -0.2) is 9.97 Å². The van der Waals surface area contributed by atoms with Crippen molar-refractivity contribution >= 4 is 33.5 Å². The van der Waals surface area contributed by atoms with Crippen LogP contribution in [0.3, 0.4) is 0 Å². The molecule has 0 saturated carbocycles. The van der Waals surface area contributed by atoms with E-state index in [0.717, 1.165) is 15.7 Å². The van der Waals surface area contributed by atoms with Crippen molar-refractivity contribution in [3.63, 3.8) is 0 Å². The van der Waals surface area contributed by atoms with Crippen LogP contribution in [0.15, 0.2) is 57.7 Å². The Kier molecular flexibility index (Phi) is 4.90. The first-order chi connectivity index (χ1) is 11.6. The van der Waals surface area contributed by atoms with Crippen LogP contribution in [0.2, 0.25) is 0 Å². The number of rotatable bonds is 5. The summed E-state index contributed by atoms with van der Waals surface area (Å²) in [5, 5.41) is 5.85. The topological polar surface area (TPSA) is 80.0 Å². The Bertz CT molecular complexity index is 850. The molecule has 0 saturated heterocycles. The molecule has 0 aliphatic rings. The molecule has 0 radical (unpaired) electrons. The summed E-state index contributed by atoms with van der Waals surface area (Å²) in [5.41, 5.74) is 2.25. The highest BCUT2D eigenvalue weighted by molar-refractivity contribution is 9.10. The van der Waals surface area contributed by atoms with Gasteiger partial charge in [-0.2, -0.15) is 0 Å². The van der Waals surface area contributed by atoms with E-state index in [0.29, 0.717) is 18.3 Å². The lowest BCUT2D eigenvalue weighted by molar-refractivity contribution is 0.0943. The van der Waals surface area contributed by atoms with Gasteiger partial charge in [0.1, 0.15) is 11.5 Å². The molecule has 0 bridgehead atoms. The minimum Gasteiger partial charge on any atom is -0.467 e. The maximum absolute atomic E-state index is 12.2. The number of halogens is 1. The van der Waals surface area contributed by atoms with E-state index < -0.39 is 0 Å². The molecule has 1 aromatic carbocycles. The highest BCUT2D eigenvalue weighted by atomic mass is 79.9. The highest BCUT2D eigenvalue weighted by Gasteiger charge is 2.10. The summed E-state index contributed by atoms with van der Waals surface area (Å²) >= 11 is 3.49. The number of benzene rings is 1. The number of anilines is 2. The van der Waals surface area contributed by atoms with Gasteiger partial charge in [-0.3, -0.25) is 4.79 Å². The fraction of sp³-hybridized carbons (Fsp3) is 0.118. The molecule has 6 nitrogen and oxygen atoms in total. The van der Waals surface area contributed by atoms with E-state index in [2.05, 4.69) is 36.5 Å². The van der Waals surface area contributed by atoms with E-state index in [1.807, 2.05) is 25.1 Å². The van der Waals surface area contributed by atoms with Gasteiger partial charge in [-0.15, -0.1) is 0 Å². The molecule has 3 aromatic rings. The number of carbonyl (C=O) groups excluding carboxylic acids is 1. The largest absolute Gasteiger partial charge is 0.467 e.